The summed E-state index contributed by atoms with van der Waals surface area (Å²) in [6.07, 6.45) is 0.313. The van der Waals surface area contributed by atoms with E-state index in [-0.39, 0.29) is 5.56 Å². The van der Waals surface area contributed by atoms with Gasteiger partial charge in [0.1, 0.15) is 5.82 Å². The molecule has 0 atom stereocenters. The monoisotopic (exact) mass is 332 g/mol. The van der Waals surface area contributed by atoms with Gasteiger partial charge in [-0.15, -0.1) is 0 Å². The van der Waals surface area contributed by atoms with Crippen molar-refractivity contribution in [2.24, 2.45) is 0 Å². The number of amides is 1. The first-order valence-corrected chi connectivity index (χ1v) is 6.62. The highest BCUT2D eigenvalue weighted by Gasteiger charge is 2.15. The molecular formula is C15H10BrFN2O. The van der Waals surface area contributed by atoms with Gasteiger partial charge in [0.25, 0.3) is 5.91 Å². The first kappa shape index (κ1) is 14.2. The highest BCUT2D eigenvalue weighted by atomic mass is 79.9. The maximum absolute atomic E-state index is 13.6. The fourth-order valence-corrected chi connectivity index (χ4v) is 2.23. The molecule has 0 unspecified atom stereocenters. The molecule has 0 saturated heterocycles. The van der Waals surface area contributed by atoms with E-state index in [0.29, 0.717) is 16.6 Å². The largest absolute Gasteiger partial charge is 0.322 e. The second kappa shape index (κ2) is 6.31. The molecule has 0 radical (unpaired) electrons. The van der Waals surface area contributed by atoms with Gasteiger partial charge in [0, 0.05) is 10.2 Å². The Labute approximate surface area is 124 Å². The number of nitrogens with zero attached hydrogens (tertiary/aromatic N) is 1. The van der Waals surface area contributed by atoms with Crippen molar-refractivity contribution < 1.29 is 9.18 Å². The zero-order chi connectivity index (χ0) is 14.5. The highest BCUT2D eigenvalue weighted by molar-refractivity contribution is 9.10. The number of nitrogens with one attached hydrogen (secondary N) is 1. The number of benzene rings is 2. The van der Waals surface area contributed by atoms with Crippen LogP contribution in [0, 0.1) is 17.1 Å². The summed E-state index contributed by atoms with van der Waals surface area (Å²) in [6, 6.07) is 13.2. The third-order valence-corrected chi connectivity index (χ3v) is 3.35. The molecule has 0 aliphatic carbocycles. The molecule has 1 amide bonds. The average molecular weight is 333 g/mol. The molecule has 0 aliphatic heterocycles. The molecule has 100 valence electrons. The summed E-state index contributed by atoms with van der Waals surface area (Å²) in [7, 11) is 0. The van der Waals surface area contributed by atoms with Gasteiger partial charge in [0.05, 0.1) is 18.1 Å². The number of carbonyl (C=O) groups excluding carboxylic acids is 1. The van der Waals surface area contributed by atoms with E-state index in [9.17, 15) is 9.18 Å². The van der Waals surface area contributed by atoms with E-state index in [0.717, 1.165) is 5.56 Å². The van der Waals surface area contributed by atoms with Crippen LogP contribution in [0.5, 0.6) is 0 Å². The number of anilines is 1. The van der Waals surface area contributed by atoms with Crippen LogP contribution in [-0.4, -0.2) is 5.91 Å². The minimum atomic E-state index is -0.585. The van der Waals surface area contributed by atoms with E-state index < -0.39 is 11.7 Å². The quantitative estimate of drug-likeness (QED) is 0.926. The topological polar surface area (TPSA) is 52.9 Å². The minimum Gasteiger partial charge on any atom is -0.322 e. The summed E-state index contributed by atoms with van der Waals surface area (Å²) < 4.78 is 14.0. The lowest BCUT2D eigenvalue weighted by Crippen LogP contribution is -2.14. The SMILES string of the molecule is N#CCc1ccc(NC(=O)c2c(F)cccc2Br)cc1. The van der Waals surface area contributed by atoms with E-state index in [1.165, 1.54) is 12.1 Å². The molecular weight excluding hydrogens is 323 g/mol. The number of nitriles is 1. The van der Waals surface area contributed by atoms with E-state index in [1.807, 2.05) is 6.07 Å². The summed E-state index contributed by atoms with van der Waals surface area (Å²) in [5.74, 6) is -1.11. The number of halogens is 2. The second-order valence-corrected chi connectivity index (χ2v) is 4.94. The first-order chi connectivity index (χ1) is 9.61. The van der Waals surface area contributed by atoms with Crippen molar-refractivity contribution >= 4 is 27.5 Å². The maximum atomic E-state index is 13.6. The van der Waals surface area contributed by atoms with Crippen molar-refractivity contribution in [3.8, 4) is 6.07 Å². The van der Waals surface area contributed by atoms with Crippen LogP contribution >= 0.6 is 15.9 Å². The molecule has 20 heavy (non-hydrogen) atoms. The number of carbonyl (C=O) groups is 1. The molecule has 0 saturated carbocycles. The standard InChI is InChI=1S/C15H10BrFN2O/c16-12-2-1-3-13(17)14(12)15(20)19-11-6-4-10(5-7-11)8-9-18/h1-7H,8H2,(H,19,20). The Kier molecular flexibility index (Phi) is 4.49. The third-order valence-electron chi connectivity index (χ3n) is 2.68. The molecule has 0 bridgehead atoms. The first-order valence-electron chi connectivity index (χ1n) is 5.83. The van der Waals surface area contributed by atoms with Crippen LogP contribution in [0.1, 0.15) is 15.9 Å². The molecule has 5 heteroatoms. The second-order valence-electron chi connectivity index (χ2n) is 4.08. The Balaban J connectivity index is 2.18. The van der Waals surface area contributed by atoms with Crippen LogP contribution in [-0.2, 0) is 6.42 Å². The molecule has 3 nitrogen and oxygen atoms in total. The Hall–Kier alpha value is -2.19. The molecule has 0 fully saturated rings. The summed E-state index contributed by atoms with van der Waals surface area (Å²) in [4.78, 5) is 12.0. The number of hydrogen-bond donors (Lipinski definition) is 1. The van der Waals surface area contributed by atoms with E-state index in [2.05, 4.69) is 21.2 Å². The minimum absolute atomic E-state index is 0.0337. The Morgan fingerprint density at radius 1 is 1.25 bits per heavy atom. The predicted octanol–water partition coefficient (Wildman–Crippen LogP) is 3.91. The van der Waals surface area contributed by atoms with Crippen LogP contribution < -0.4 is 5.32 Å². The fraction of sp³-hybridized carbons (Fsp3) is 0.0667. The van der Waals surface area contributed by atoms with Gasteiger partial charge in [-0.05, 0) is 45.8 Å². The van der Waals surface area contributed by atoms with Crippen LogP contribution in [0.3, 0.4) is 0 Å². The lowest BCUT2D eigenvalue weighted by Gasteiger charge is -2.08. The zero-order valence-corrected chi connectivity index (χ0v) is 11.9. The maximum Gasteiger partial charge on any atom is 0.259 e. The van der Waals surface area contributed by atoms with Gasteiger partial charge in [-0.25, -0.2) is 4.39 Å². The van der Waals surface area contributed by atoms with Crippen LogP contribution in [0.25, 0.3) is 0 Å². The summed E-state index contributed by atoms with van der Waals surface area (Å²) in [6.45, 7) is 0. The van der Waals surface area contributed by atoms with Crippen molar-refractivity contribution in [2.75, 3.05) is 5.32 Å². The van der Waals surface area contributed by atoms with Crippen molar-refractivity contribution in [3.63, 3.8) is 0 Å². The molecule has 1 N–H and O–H groups in total. The van der Waals surface area contributed by atoms with Gasteiger partial charge < -0.3 is 5.32 Å². The normalized spacial score (nSPS) is 9.85. The van der Waals surface area contributed by atoms with Crippen LogP contribution in [0.2, 0.25) is 0 Å². The van der Waals surface area contributed by atoms with E-state index in [1.54, 1.807) is 30.3 Å². The molecule has 2 rings (SSSR count). The lowest BCUT2D eigenvalue weighted by atomic mass is 10.1. The van der Waals surface area contributed by atoms with Crippen LogP contribution in [0.15, 0.2) is 46.9 Å². The van der Waals surface area contributed by atoms with Gasteiger partial charge in [0.15, 0.2) is 0 Å². The highest BCUT2D eigenvalue weighted by Crippen LogP contribution is 2.21. The molecule has 0 heterocycles. The van der Waals surface area contributed by atoms with Crippen molar-refractivity contribution in [2.45, 2.75) is 6.42 Å². The van der Waals surface area contributed by atoms with Gasteiger partial charge >= 0.3 is 0 Å². The molecule has 2 aromatic carbocycles. The Morgan fingerprint density at radius 3 is 2.55 bits per heavy atom. The van der Waals surface area contributed by atoms with Crippen molar-refractivity contribution in [1.82, 2.24) is 0 Å². The third kappa shape index (κ3) is 3.22. The van der Waals surface area contributed by atoms with E-state index >= 15 is 0 Å². The predicted molar refractivity (Wildman–Crippen MR) is 77.8 cm³/mol. The number of hydrogen-bond acceptors (Lipinski definition) is 2. The fourth-order valence-electron chi connectivity index (χ4n) is 1.71. The summed E-state index contributed by atoms with van der Waals surface area (Å²) in [5.41, 5.74) is 1.37. The van der Waals surface area contributed by atoms with Gasteiger partial charge in [-0.1, -0.05) is 18.2 Å². The average Bonchev–Trinajstić information content (AvgIpc) is 2.41. The molecule has 0 aromatic heterocycles. The Morgan fingerprint density at radius 2 is 1.95 bits per heavy atom. The van der Waals surface area contributed by atoms with Gasteiger partial charge in [-0.2, -0.15) is 5.26 Å². The van der Waals surface area contributed by atoms with E-state index in [4.69, 9.17) is 5.26 Å². The molecule has 0 spiro atoms. The summed E-state index contributed by atoms with van der Waals surface area (Å²) >= 11 is 3.16. The zero-order valence-electron chi connectivity index (χ0n) is 10.4. The van der Waals surface area contributed by atoms with Gasteiger partial charge in [-0.3, -0.25) is 4.79 Å². The molecule has 2 aromatic rings. The Bertz CT molecular complexity index is 657. The van der Waals surface area contributed by atoms with Gasteiger partial charge in [0.2, 0.25) is 0 Å². The van der Waals surface area contributed by atoms with Crippen molar-refractivity contribution in [3.05, 3.63) is 63.9 Å². The lowest BCUT2D eigenvalue weighted by molar-refractivity contribution is 0.102. The molecule has 0 aliphatic rings. The van der Waals surface area contributed by atoms with Crippen LogP contribution in [0.4, 0.5) is 10.1 Å². The van der Waals surface area contributed by atoms with Crippen molar-refractivity contribution in [1.29, 1.82) is 5.26 Å². The smallest absolute Gasteiger partial charge is 0.259 e. The number of rotatable bonds is 3. The summed E-state index contributed by atoms with van der Waals surface area (Å²) in [5, 5.41) is 11.2.